The van der Waals surface area contributed by atoms with Gasteiger partial charge in [-0.3, -0.25) is 0 Å². The monoisotopic (exact) mass is 425 g/mol. The molecule has 1 aromatic carbocycles. The molecule has 8 N–H and O–H groups in total. The molecule has 0 aliphatic carbocycles. The van der Waals surface area contributed by atoms with Crippen molar-refractivity contribution in [2.75, 3.05) is 6.61 Å². The minimum Gasteiger partial charge on any atom is -1.00 e. The lowest BCUT2D eigenvalue weighted by atomic mass is 10.0. The number of rotatable bonds is 7. The molecule has 0 spiro atoms. The molecule has 0 aromatic heterocycles. The number of benzene rings is 1. The van der Waals surface area contributed by atoms with Gasteiger partial charge in [-0.25, -0.2) is 0 Å². The maximum Gasteiger partial charge on any atom is 0.201 e. The number of nitrogens with one attached hydrogen (secondary N) is 1. The number of nitrogens with zero attached hydrogens (tertiary/aromatic N) is 1. The zero-order valence-corrected chi connectivity index (χ0v) is 13.8. The topological polar surface area (TPSA) is 154 Å². The van der Waals surface area contributed by atoms with Crippen LogP contribution in [-0.2, 0) is 0 Å². The second-order valence-electron chi connectivity index (χ2n) is 4.38. The highest BCUT2D eigenvalue weighted by Crippen LogP contribution is 2.02. The zero-order chi connectivity index (χ0) is 15.8. The van der Waals surface area contributed by atoms with Gasteiger partial charge in [0.1, 0.15) is 18.3 Å². The average Bonchev–Trinajstić information content (AvgIpc) is 2.53. The van der Waals surface area contributed by atoms with Crippen LogP contribution in [0, 0.1) is 0 Å². The van der Waals surface area contributed by atoms with Crippen molar-refractivity contribution in [3.8, 4) is 0 Å². The second-order valence-corrected chi connectivity index (χ2v) is 4.38. The molecule has 9 heteroatoms. The molecule has 124 valence electrons. The van der Waals surface area contributed by atoms with E-state index < -0.39 is 31.0 Å². The molecule has 0 bridgehead atoms. The number of halogens is 1. The van der Waals surface area contributed by atoms with Crippen molar-refractivity contribution in [2.24, 2.45) is 10.8 Å². The van der Waals surface area contributed by atoms with Gasteiger partial charge in [0.2, 0.25) is 6.21 Å². The van der Waals surface area contributed by atoms with Crippen LogP contribution < -0.4 is 34.8 Å². The van der Waals surface area contributed by atoms with E-state index in [0.29, 0.717) is 5.56 Å². The predicted molar refractivity (Wildman–Crippen MR) is 75.3 cm³/mol. The van der Waals surface area contributed by atoms with Crippen molar-refractivity contribution in [1.29, 1.82) is 0 Å². The van der Waals surface area contributed by atoms with E-state index in [4.69, 9.17) is 15.9 Å². The molecule has 8 nitrogen and oxygen atoms in total. The van der Waals surface area contributed by atoms with Gasteiger partial charge in [0, 0.05) is 10.7 Å². The smallest absolute Gasteiger partial charge is 0.201 e. The van der Waals surface area contributed by atoms with E-state index in [1.807, 2.05) is 6.07 Å². The van der Waals surface area contributed by atoms with Crippen LogP contribution in [0.25, 0.3) is 0 Å². The molecule has 0 fully saturated rings. The summed E-state index contributed by atoms with van der Waals surface area (Å²) in [6, 6.07) is 8.88. The Morgan fingerprint density at radius 2 is 1.73 bits per heavy atom. The van der Waals surface area contributed by atoms with Crippen LogP contribution in [0.4, 0.5) is 0 Å². The number of hydrazone groups is 1. The van der Waals surface area contributed by atoms with Gasteiger partial charge in [-0.2, -0.15) is 0 Å². The summed E-state index contributed by atoms with van der Waals surface area (Å²) < 4.78 is 0. The van der Waals surface area contributed by atoms with Crippen LogP contribution in [0.2, 0.25) is 0 Å². The van der Waals surface area contributed by atoms with Crippen molar-refractivity contribution in [3.63, 3.8) is 0 Å². The highest BCUT2D eigenvalue weighted by molar-refractivity contribution is 5.96. The third kappa shape index (κ3) is 6.34. The summed E-state index contributed by atoms with van der Waals surface area (Å²) in [6.07, 6.45) is -5.46. The molecular formula is C13H20IN3O5. The molecule has 0 aliphatic rings. The van der Waals surface area contributed by atoms with Gasteiger partial charge in [-0.15, -0.1) is 5.10 Å². The maximum absolute atomic E-state index is 9.59. The highest BCUT2D eigenvalue weighted by atomic mass is 127. The summed E-state index contributed by atoms with van der Waals surface area (Å²) in [6.45, 7) is -0.739. The van der Waals surface area contributed by atoms with Gasteiger partial charge < -0.3 is 55.2 Å². The number of hydrogen-bond acceptors (Lipinski definition) is 6. The van der Waals surface area contributed by atoms with Crippen LogP contribution in [0.15, 0.2) is 35.4 Å². The lowest BCUT2D eigenvalue weighted by molar-refractivity contribution is -0.460. The largest absolute Gasteiger partial charge is 1.00 e. The van der Waals surface area contributed by atoms with E-state index in [1.165, 1.54) is 0 Å². The molecule has 22 heavy (non-hydrogen) atoms. The van der Waals surface area contributed by atoms with Crippen molar-refractivity contribution in [3.05, 3.63) is 35.9 Å². The lowest BCUT2D eigenvalue weighted by Gasteiger charge is -2.22. The number of amidine groups is 1. The fourth-order valence-electron chi connectivity index (χ4n) is 1.49. The molecule has 0 heterocycles. The highest BCUT2D eigenvalue weighted by Gasteiger charge is 2.30. The quantitative estimate of drug-likeness (QED) is 0.0998. The Bertz CT molecular complexity index is 486. The Morgan fingerprint density at radius 3 is 2.27 bits per heavy atom. The van der Waals surface area contributed by atoms with Gasteiger partial charge in [-0.1, -0.05) is 30.3 Å². The van der Waals surface area contributed by atoms with Gasteiger partial charge >= 0.3 is 0 Å². The fourth-order valence-corrected chi connectivity index (χ4v) is 1.49. The third-order valence-electron chi connectivity index (χ3n) is 2.78. The first-order valence-corrected chi connectivity index (χ1v) is 6.28. The standard InChI is InChI=1S/C13H19N3O5.HI/c14-13(8-4-2-1-3-5-8)16-15-6-9(18)11(20)12(21)10(19)7-17;/h1-6,9-12,17-21H,7H2,(H2,14,16);1H/b15-6+;/t9-,10+,11+,12+;/m0./s1. The fraction of sp³-hybridized carbons (Fsp3) is 0.385. The minimum atomic E-state index is -1.70. The van der Waals surface area contributed by atoms with E-state index in [0.717, 1.165) is 6.21 Å². The Hall–Kier alpha value is -1.11. The first-order valence-electron chi connectivity index (χ1n) is 6.28. The molecule has 4 atom stereocenters. The Kier molecular flexibility index (Phi) is 10.1. The van der Waals surface area contributed by atoms with Crippen LogP contribution in [0.5, 0.6) is 0 Å². The van der Waals surface area contributed by atoms with Gasteiger partial charge in [0.05, 0.1) is 6.61 Å². The van der Waals surface area contributed by atoms with Crippen molar-refractivity contribution in [1.82, 2.24) is 0 Å². The summed E-state index contributed by atoms with van der Waals surface area (Å²) in [5.41, 5.74) is 6.36. The van der Waals surface area contributed by atoms with E-state index in [1.54, 1.807) is 24.3 Å². The molecule has 0 amide bonds. The van der Waals surface area contributed by atoms with E-state index in [2.05, 4.69) is 10.2 Å². The lowest BCUT2D eigenvalue weighted by Crippen LogP contribution is -3.00. The molecule has 1 aromatic rings. The molecule has 0 saturated carbocycles. The van der Waals surface area contributed by atoms with Gasteiger partial charge in [-0.05, 0) is 0 Å². The number of aliphatic hydroxyl groups is 5. The summed E-state index contributed by atoms with van der Waals surface area (Å²) >= 11 is 0. The van der Waals surface area contributed by atoms with Crippen molar-refractivity contribution in [2.45, 2.75) is 24.4 Å². The molecule has 0 radical (unpaired) electrons. The Labute approximate surface area is 144 Å². The third-order valence-corrected chi connectivity index (χ3v) is 2.78. The number of aliphatic hydroxyl groups excluding tert-OH is 5. The second kappa shape index (κ2) is 10.6. The average molecular weight is 425 g/mol. The van der Waals surface area contributed by atoms with Crippen molar-refractivity contribution < 1.29 is 54.6 Å². The van der Waals surface area contributed by atoms with Gasteiger partial charge in [0.25, 0.3) is 0 Å². The van der Waals surface area contributed by atoms with E-state index in [-0.39, 0.29) is 29.8 Å². The van der Waals surface area contributed by atoms with Crippen LogP contribution in [0.1, 0.15) is 5.56 Å². The predicted octanol–water partition coefficient (Wildman–Crippen LogP) is -7.10. The van der Waals surface area contributed by atoms with E-state index in [9.17, 15) is 15.3 Å². The first kappa shape index (κ1) is 20.9. The summed E-state index contributed by atoms with van der Waals surface area (Å²) in [5.74, 6) is 0.171. The van der Waals surface area contributed by atoms with E-state index >= 15 is 0 Å². The minimum absolute atomic E-state index is 0. The summed E-state index contributed by atoms with van der Waals surface area (Å²) in [7, 11) is 0. The molecule has 0 unspecified atom stereocenters. The van der Waals surface area contributed by atoms with Crippen LogP contribution in [0.3, 0.4) is 0 Å². The molecule has 1 rings (SSSR count). The van der Waals surface area contributed by atoms with Crippen LogP contribution >= 0.6 is 0 Å². The Morgan fingerprint density at radius 1 is 1.14 bits per heavy atom. The summed E-state index contributed by atoms with van der Waals surface area (Å²) in [5, 5.41) is 52.5. The van der Waals surface area contributed by atoms with Crippen LogP contribution in [-0.4, -0.2) is 68.6 Å². The maximum atomic E-state index is 9.59. The van der Waals surface area contributed by atoms with Gasteiger partial charge in [0.15, 0.2) is 11.9 Å². The normalized spacial score (nSPS) is 17.6. The van der Waals surface area contributed by atoms with Crippen molar-refractivity contribution >= 4 is 12.1 Å². The number of nitrogens with two attached hydrogens (primary N) is 1. The molecule has 0 aliphatic heterocycles. The number of hydrogen-bond donors (Lipinski definition) is 7. The summed E-state index contributed by atoms with van der Waals surface area (Å²) in [4.78, 5) is 0. The Balaban J connectivity index is 0.00000441. The zero-order valence-electron chi connectivity index (χ0n) is 11.6. The molecule has 0 saturated heterocycles. The molecular weight excluding hydrogens is 405 g/mol. The first-order chi connectivity index (χ1) is 9.97. The SMILES string of the molecule is N/C(=N/[NH+]=C/[C@H](O)[C@@H](O)[C@H](O)[C@H](O)CO)c1ccccc1.[I-].